The fourth-order valence-electron chi connectivity index (χ4n) is 1.43. The number of nitrogens with zero attached hydrogens (tertiary/aromatic N) is 1. The molecule has 1 nitrogen and oxygen atoms in total. The zero-order valence-corrected chi connectivity index (χ0v) is 8.83. The Morgan fingerprint density at radius 1 is 1.36 bits per heavy atom. The molecule has 1 unspecified atom stereocenters. The van der Waals surface area contributed by atoms with Gasteiger partial charge < -0.3 is 0 Å². The van der Waals surface area contributed by atoms with Crippen LogP contribution in [0.1, 0.15) is 6.92 Å². The topological polar surface area (TPSA) is 12.4 Å². The predicted octanol–water partition coefficient (Wildman–Crippen LogP) is -0.550. The summed E-state index contributed by atoms with van der Waals surface area (Å²) < 4.78 is 0.143. The van der Waals surface area contributed by atoms with Crippen molar-refractivity contribution in [2.75, 3.05) is 0 Å². The minimum atomic E-state index is 0.143. The van der Waals surface area contributed by atoms with Crippen molar-refractivity contribution in [2.24, 2.45) is 4.99 Å². The average molecular weight is 159 g/mol. The fraction of sp³-hybridized carbons (Fsp3) is 0.222. The Morgan fingerprint density at radius 3 is 2.82 bits per heavy atom. The summed E-state index contributed by atoms with van der Waals surface area (Å²) in [6.45, 7) is 2.18. The second-order valence-corrected chi connectivity index (χ2v) is 5.49. The third-order valence-electron chi connectivity index (χ3n) is 1.85. The van der Waals surface area contributed by atoms with Gasteiger partial charge in [-0.05, 0) is 11.3 Å². The molecule has 0 saturated carbocycles. The molecule has 2 rings (SSSR count). The van der Waals surface area contributed by atoms with Crippen LogP contribution in [0.4, 0.5) is 0 Å². The highest BCUT2D eigenvalue weighted by Gasteiger charge is 2.15. The van der Waals surface area contributed by atoms with Gasteiger partial charge in [-0.3, -0.25) is 4.99 Å². The molecule has 2 heteroatoms. The smallest absolute Gasteiger partial charge is 0.263 e. The molecule has 1 aliphatic rings. The van der Waals surface area contributed by atoms with E-state index in [9.17, 15) is 0 Å². The van der Waals surface area contributed by atoms with Crippen molar-refractivity contribution in [2.45, 2.75) is 11.3 Å². The summed E-state index contributed by atoms with van der Waals surface area (Å²) in [4.78, 5) is 4.59. The molecule has 0 N–H and O–H groups in total. The van der Waals surface area contributed by atoms with Crippen molar-refractivity contribution in [3.63, 3.8) is 0 Å². The van der Waals surface area contributed by atoms with Crippen LogP contribution in [0.3, 0.4) is 0 Å². The third-order valence-corrected chi connectivity index (χ3v) is 2.37. The molecule has 1 aromatic carbocycles. The molecule has 1 heterocycles. The Kier molecular flexibility index (Phi) is 1.42. The van der Waals surface area contributed by atoms with Crippen molar-refractivity contribution >= 4 is 22.4 Å². The molecule has 0 amide bonds. The molecule has 0 saturated heterocycles. The Bertz CT molecular complexity index is 355. The van der Waals surface area contributed by atoms with Gasteiger partial charge in [0.25, 0.3) is 16.3 Å². The van der Waals surface area contributed by atoms with E-state index < -0.39 is 0 Å². The lowest BCUT2D eigenvalue weighted by Crippen LogP contribution is -2.19. The van der Waals surface area contributed by atoms with E-state index in [1.54, 1.807) is 0 Å². The van der Waals surface area contributed by atoms with Crippen LogP contribution in [-0.4, -0.2) is 20.7 Å². The first-order valence-electron chi connectivity index (χ1n) is 3.85. The van der Waals surface area contributed by atoms with Gasteiger partial charge in [0.15, 0.2) is 0 Å². The van der Waals surface area contributed by atoms with Gasteiger partial charge in [-0.25, -0.2) is 0 Å². The van der Waals surface area contributed by atoms with Crippen molar-refractivity contribution in [3.05, 3.63) is 34.8 Å². The van der Waals surface area contributed by atoms with E-state index in [1.807, 2.05) is 6.07 Å². The number of para-hydroxylation sites is 1. The molecule has 54 valence electrons. The van der Waals surface area contributed by atoms with E-state index in [-0.39, 0.29) is 4.40 Å². The molecule has 0 bridgehead atoms. The van der Waals surface area contributed by atoms with Gasteiger partial charge in [-0.2, -0.15) is 0 Å². The van der Waals surface area contributed by atoms with Crippen LogP contribution in [0.15, 0.2) is 29.3 Å². The molecule has 0 aliphatic carbocycles. The zero-order valence-electron chi connectivity index (χ0n) is 6.83. The number of benzene rings is 1. The normalized spacial score (nSPS) is 27.0. The van der Waals surface area contributed by atoms with Crippen LogP contribution in [0.5, 0.6) is 0 Å². The van der Waals surface area contributed by atoms with Crippen LogP contribution >= 0.6 is 0 Å². The lowest BCUT2D eigenvalue weighted by molar-refractivity contribution is 0.864. The van der Waals surface area contributed by atoms with Crippen molar-refractivity contribution in [3.8, 4) is 0 Å². The van der Waals surface area contributed by atoms with Gasteiger partial charge in [0, 0.05) is 4.40 Å². The summed E-state index contributed by atoms with van der Waals surface area (Å²) in [7, 11) is 0. The average Bonchev–Trinajstić information content (AvgIpc) is 2.21. The Hall–Kier alpha value is -0.578. The molecule has 0 spiro atoms. The third kappa shape index (κ3) is 1.24. The number of hydrogen-bond acceptors (Lipinski definition) is 1. The first-order chi connectivity index (χ1) is 5.17. The summed E-state index contributed by atoms with van der Waals surface area (Å²) in [5.41, 5.74) is 0. The Morgan fingerprint density at radius 2 is 2.09 bits per heavy atom. The maximum atomic E-state index is 4.59. The number of hydrogen-bond donors (Lipinski definition) is 0. The molecule has 1 aromatic rings. The summed E-state index contributed by atoms with van der Waals surface area (Å²) >= 11 is 1.09. The fourth-order valence-corrected chi connectivity index (χ4v) is 1.99. The molecule has 0 aromatic heterocycles. The standard InChI is InChI=1S/C9H8N.Al.2H/c1-7-6-8-4-2-3-5-9(8)10-7;;;/h2-6H,1H3;;;. The Labute approximate surface area is 73.9 Å². The van der Waals surface area contributed by atoms with Crippen molar-refractivity contribution in [1.29, 1.82) is 0 Å². The van der Waals surface area contributed by atoms with Crippen LogP contribution in [0.2, 0.25) is 0 Å². The highest BCUT2D eigenvalue weighted by Crippen LogP contribution is 2.06. The largest absolute Gasteiger partial charge is 0.291 e. The molecule has 0 fully saturated rings. The van der Waals surface area contributed by atoms with Gasteiger partial charge in [0.1, 0.15) is 0 Å². The van der Waals surface area contributed by atoms with Crippen LogP contribution in [0.25, 0.3) is 6.08 Å². The zero-order chi connectivity index (χ0) is 7.90. The summed E-state index contributed by atoms with van der Waals surface area (Å²) in [6.07, 6.45) is 2.26. The molecule has 1 aliphatic heterocycles. The van der Waals surface area contributed by atoms with Crippen LogP contribution in [-0.2, 0) is 0 Å². The van der Waals surface area contributed by atoms with Gasteiger partial charge >= 0.3 is 0 Å². The molecule has 0 radical (unpaired) electrons. The Balaban J connectivity index is 2.81. The van der Waals surface area contributed by atoms with Gasteiger partial charge in [0.05, 0.1) is 5.36 Å². The monoisotopic (exact) mass is 159 g/mol. The summed E-state index contributed by atoms with van der Waals surface area (Å²) in [6, 6.07) is 8.31. The minimum absolute atomic E-state index is 0.143. The van der Waals surface area contributed by atoms with Gasteiger partial charge in [-0.15, -0.1) is 0 Å². The maximum absolute atomic E-state index is 4.59. The summed E-state index contributed by atoms with van der Waals surface area (Å²) in [5, 5.41) is 2.45. The van der Waals surface area contributed by atoms with Gasteiger partial charge in [-0.1, -0.05) is 31.2 Å². The highest BCUT2D eigenvalue weighted by molar-refractivity contribution is 6.19. The number of fused-ring (bicyclic) bond motifs is 1. The molecule has 1 atom stereocenters. The molecular weight excluding hydrogens is 149 g/mol. The van der Waals surface area contributed by atoms with E-state index in [0.717, 1.165) is 21.6 Å². The highest BCUT2D eigenvalue weighted by atomic mass is 27.0. The SMILES string of the molecule is C[C]1([AlH2])C=c2ccccc2=N1. The minimum Gasteiger partial charge on any atom is -0.291 e. The first-order valence-corrected chi connectivity index (χ1v) is 4.85. The van der Waals surface area contributed by atoms with E-state index in [4.69, 9.17) is 0 Å². The number of rotatable bonds is 0. The van der Waals surface area contributed by atoms with Crippen LogP contribution in [0, 0.1) is 0 Å². The van der Waals surface area contributed by atoms with E-state index in [0.29, 0.717) is 0 Å². The van der Waals surface area contributed by atoms with Crippen LogP contribution < -0.4 is 10.6 Å². The summed E-state index contributed by atoms with van der Waals surface area (Å²) in [5.74, 6) is 0. The maximum Gasteiger partial charge on any atom is 0.263 e. The van der Waals surface area contributed by atoms with Gasteiger partial charge in [0.2, 0.25) is 0 Å². The van der Waals surface area contributed by atoms with E-state index in [1.165, 1.54) is 5.22 Å². The lowest BCUT2D eigenvalue weighted by atomic mass is 10.2. The first kappa shape index (κ1) is 7.09. The molecular formula is C9H10AlN. The van der Waals surface area contributed by atoms with Crippen molar-refractivity contribution in [1.82, 2.24) is 0 Å². The van der Waals surface area contributed by atoms with Crippen molar-refractivity contribution < 1.29 is 0 Å². The van der Waals surface area contributed by atoms with E-state index >= 15 is 0 Å². The van der Waals surface area contributed by atoms with E-state index in [2.05, 4.69) is 36.2 Å². The molecule has 11 heavy (non-hydrogen) atoms. The predicted molar refractivity (Wildman–Crippen MR) is 48.6 cm³/mol. The quantitative estimate of drug-likeness (QED) is 0.450. The second kappa shape index (κ2) is 2.20. The second-order valence-electron chi connectivity index (χ2n) is 3.47. The lowest BCUT2D eigenvalue weighted by Gasteiger charge is -2.08.